The van der Waals surface area contributed by atoms with Crippen LogP contribution in [-0.2, 0) is 16.1 Å². The predicted octanol–water partition coefficient (Wildman–Crippen LogP) is 3.78. The molecule has 2 aliphatic rings. The van der Waals surface area contributed by atoms with Crippen LogP contribution in [0.1, 0.15) is 48.0 Å². The van der Waals surface area contributed by atoms with Crippen LogP contribution in [0.2, 0.25) is 0 Å². The number of carboxylic acid groups (broad SMARTS) is 1. The van der Waals surface area contributed by atoms with E-state index in [1.54, 1.807) is 11.0 Å². The average molecular weight is 450 g/mol. The quantitative estimate of drug-likeness (QED) is 0.696. The van der Waals surface area contributed by atoms with Crippen molar-refractivity contribution in [1.82, 2.24) is 4.90 Å². The van der Waals surface area contributed by atoms with Gasteiger partial charge in [-0.15, -0.1) is 0 Å². The van der Waals surface area contributed by atoms with Crippen molar-refractivity contribution in [2.24, 2.45) is 5.92 Å². The maximum Gasteiger partial charge on any atom is 0.335 e. The van der Waals surface area contributed by atoms with Gasteiger partial charge in [0.25, 0.3) is 0 Å². The van der Waals surface area contributed by atoms with Crippen molar-refractivity contribution in [3.8, 4) is 0 Å². The first kappa shape index (κ1) is 23.0. The molecule has 2 aromatic carbocycles. The highest BCUT2D eigenvalue weighted by atomic mass is 16.4. The summed E-state index contributed by atoms with van der Waals surface area (Å²) < 4.78 is 0. The maximum absolute atomic E-state index is 13.3. The van der Waals surface area contributed by atoms with Crippen LogP contribution in [-0.4, -0.2) is 54.5 Å². The van der Waals surface area contributed by atoms with Crippen LogP contribution in [0.3, 0.4) is 0 Å². The molecule has 7 nitrogen and oxygen atoms in total. The number of aromatic carboxylic acids is 1. The number of amides is 2. The number of anilines is 2. The highest BCUT2D eigenvalue weighted by molar-refractivity contribution is 6.12. The molecular weight excluding hydrogens is 418 g/mol. The molecule has 1 N–H and O–H groups in total. The van der Waals surface area contributed by atoms with E-state index in [-0.39, 0.29) is 30.5 Å². The summed E-state index contributed by atoms with van der Waals surface area (Å²) >= 11 is 0. The van der Waals surface area contributed by atoms with Crippen molar-refractivity contribution in [2.75, 3.05) is 36.5 Å². The zero-order valence-corrected chi connectivity index (χ0v) is 19.1. The Hall–Kier alpha value is -3.19. The van der Waals surface area contributed by atoms with E-state index in [0.29, 0.717) is 30.4 Å². The Morgan fingerprint density at radius 1 is 1.03 bits per heavy atom. The molecule has 7 heteroatoms. The van der Waals surface area contributed by atoms with E-state index >= 15 is 0 Å². The number of nitrogens with zero attached hydrogens (tertiary/aromatic N) is 3. The molecule has 0 bridgehead atoms. The fourth-order valence-corrected chi connectivity index (χ4v) is 4.86. The average Bonchev–Trinajstić information content (AvgIpc) is 2.81. The summed E-state index contributed by atoms with van der Waals surface area (Å²) in [6.45, 7) is 1.28. The lowest BCUT2D eigenvalue weighted by Crippen LogP contribution is -2.51. The SMILES string of the molecule is CN(CC(=O)N1CC(=O)N(CC2CCCCC2)c2ccc(C(=O)O)cc21)Cc1ccccc1. The van der Waals surface area contributed by atoms with Crippen LogP contribution in [0.15, 0.2) is 48.5 Å². The Labute approximate surface area is 194 Å². The normalized spacial score (nSPS) is 16.7. The molecule has 1 saturated carbocycles. The van der Waals surface area contributed by atoms with Crippen LogP contribution in [0.25, 0.3) is 0 Å². The molecule has 33 heavy (non-hydrogen) atoms. The van der Waals surface area contributed by atoms with Gasteiger partial charge < -0.3 is 10.0 Å². The summed E-state index contributed by atoms with van der Waals surface area (Å²) in [7, 11) is 1.86. The third-order valence-electron chi connectivity index (χ3n) is 6.57. The van der Waals surface area contributed by atoms with Crippen LogP contribution in [0.4, 0.5) is 11.4 Å². The molecule has 0 saturated heterocycles. The molecule has 0 aromatic heterocycles. The molecule has 0 radical (unpaired) electrons. The summed E-state index contributed by atoms with van der Waals surface area (Å²) in [5, 5.41) is 9.51. The number of hydrogen-bond donors (Lipinski definition) is 1. The Kier molecular flexibility index (Phi) is 7.08. The van der Waals surface area contributed by atoms with E-state index in [0.717, 1.165) is 18.4 Å². The van der Waals surface area contributed by atoms with Gasteiger partial charge in [0.05, 0.1) is 23.5 Å². The highest BCUT2D eigenvalue weighted by Gasteiger charge is 2.34. The van der Waals surface area contributed by atoms with Gasteiger partial charge in [-0.05, 0) is 49.6 Å². The van der Waals surface area contributed by atoms with E-state index in [4.69, 9.17) is 0 Å². The molecular formula is C26H31N3O4. The number of likely N-dealkylation sites (N-methyl/N-ethyl adjacent to an activating group) is 1. The van der Waals surface area contributed by atoms with E-state index in [9.17, 15) is 19.5 Å². The van der Waals surface area contributed by atoms with E-state index in [1.807, 2.05) is 42.3 Å². The number of rotatable bonds is 7. The smallest absolute Gasteiger partial charge is 0.335 e. The highest BCUT2D eigenvalue weighted by Crippen LogP contribution is 2.37. The number of fused-ring (bicyclic) bond motifs is 1. The number of carboxylic acids is 1. The minimum atomic E-state index is -1.05. The standard InChI is InChI=1S/C26H31N3O4/c1-27(15-19-8-4-2-5-9-19)17-24(30)29-18-25(31)28(16-20-10-6-3-7-11-20)22-13-12-21(26(32)33)14-23(22)29/h2,4-5,8-9,12-14,20H,3,6-7,10-11,15-18H2,1H3,(H,32,33). The summed E-state index contributed by atoms with van der Waals surface area (Å²) in [4.78, 5) is 43.1. The maximum atomic E-state index is 13.3. The summed E-state index contributed by atoms with van der Waals surface area (Å²) in [5.41, 5.74) is 2.33. The molecule has 0 spiro atoms. The molecule has 4 rings (SSSR count). The summed E-state index contributed by atoms with van der Waals surface area (Å²) in [5.74, 6) is -0.950. The molecule has 1 heterocycles. The number of hydrogen-bond acceptors (Lipinski definition) is 4. The predicted molar refractivity (Wildman–Crippen MR) is 127 cm³/mol. The van der Waals surface area contributed by atoms with Crippen molar-refractivity contribution in [1.29, 1.82) is 0 Å². The van der Waals surface area contributed by atoms with Crippen molar-refractivity contribution >= 4 is 29.2 Å². The topological polar surface area (TPSA) is 81.2 Å². The van der Waals surface area contributed by atoms with Crippen molar-refractivity contribution < 1.29 is 19.5 Å². The molecule has 174 valence electrons. The lowest BCUT2D eigenvalue weighted by molar-refractivity contribution is -0.123. The Balaban J connectivity index is 1.56. The summed E-state index contributed by atoms with van der Waals surface area (Å²) in [6, 6.07) is 14.6. The van der Waals surface area contributed by atoms with Gasteiger partial charge in [0.2, 0.25) is 11.8 Å². The van der Waals surface area contributed by atoms with Gasteiger partial charge in [0.1, 0.15) is 6.54 Å². The zero-order chi connectivity index (χ0) is 23.4. The Bertz CT molecular complexity index is 1020. The van der Waals surface area contributed by atoms with Crippen LogP contribution in [0, 0.1) is 5.92 Å². The minimum Gasteiger partial charge on any atom is -0.478 e. The largest absolute Gasteiger partial charge is 0.478 e. The number of carbonyl (C=O) groups excluding carboxylic acids is 2. The first-order valence-electron chi connectivity index (χ1n) is 11.6. The molecule has 2 amide bonds. The molecule has 1 aliphatic carbocycles. The second-order valence-corrected chi connectivity index (χ2v) is 9.15. The molecule has 1 fully saturated rings. The third-order valence-corrected chi connectivity index (χ3v) is 6.57. The van der Waals surface area contributed by atoms with E-state index < -0.39 is 5.97 Å². The monoisotopic (exact) mass is 449 g/mol. The first-order chi connectivity index (χ1) is 15.9. The van der Waals surface area contributed by atoms with Gasteiger partial charge in [-0.3, -0.25) is 19.4 Å². The van der Waals surface area contributed by atoms with Gasteiger partial charge in [-0.2, -0.15) is 0 Å². The molecule has 1 aliphatic heterocycles. The first-order valence-corrected chi connectivity index (χ1v) is 11.6. The number of carbonyl (C=O) groups is 3. The molecule has 0 atom stereocenters. The van der Waals surface area contributed by atoms with Gasteiger partial charge in [-0.1, -0.05) is 49.6 Å². The van der Waals surface area contributed by atoms with Gasteiger partial charge in [0, 0.05) is 13.1 Å². The fourth-order valence-electron chi connectivity index (χ4n) is 4.86. The van der Waals surface area contributed by atoms with Gasteiger partial charge in [-0.25, -0.2) is 4.79 Å². The van der Waals surface area contributed by atoms with Crippen molar-refractivity contribution in [2.45, 2.75) is 38.6 Å². The lowest BCUT2D eigenvalue weighted by atomic mass is 9.88. The van der Waals surface area contributed by atoms with Crippen LogP contribution in [0.5, 0.6) is 0 Å². The van der Waals surface area contributed by atoms with Crippen molar-refractivity contribution in [3.05, 3.63) is 59.7 Å². The number of benzene rings is 2. The zero-order valence-electron chi connectivity index (χ0n) is 19.1. The summed E-state index contributed by atoms with van der Waals surface area (Å²) in [6.07, 6.45) is 5.78. The van der Waals surface area contributed by atoms with E-state index in [1.165, 1.54) is 36.3 Å². The van der Waals surface area contributed by atoms with E-state index in [2.05, 4.69) is 0 Å². The Morgan fingerprint density at radius 2 is 1.76 bits per heavy atom. The second-order valence-electron chi connectivity index (χ2n) is 9.15. The lowest BCUT2D eigenvalue weighted by Gasteiger charge is -2.39. The Morgan fingerprint density at radius 3 is 2.45 bits per heavy atom. The van der Waals surface area contributed by atoms with Crippen molar-refractivity contribution in [3.63, 3.8) is 0 Å². The van der Waals surface area contributed by atoms with Gasteiger partial charge in [0.15, 0.2) is 0 Å². The molecule has 2 aromatic rings. The van der Waals surface area contributed by atoms with Gasteiger partial charge >= 0.3 is 5.97 Å². The molecule has 0 unspecified atom stereocenters. The minimum absolute atomic E-state index is 0.0686. The fraction of sp³-hybridized carbons (Fsp3) is 0.423. The van der Waals surface area contributed by atoms with Crippen LogP contribution < -0.4 is 9.80 Å². The van der Waals surface area contributed by atoms with Crippen LogP contribution >= 0.6 is 0 Å². The third kappa shape index (κ3) is 5.42. The second kappa shape index (κ2) is 10.2.